The molecule has 4 heterocycles. The van der Waals surface area contributed by atoms with Crippen LogP contribution in [0.4, 0.5) is 23.4 Å². The number of rotatable bonds is 4. The Morgan fingerprint density at radius 2 is 2.00 bits per heavy atom. The molecule has 0 radical (unpaired) electrons. The van der Waals surface area contributed by atoms with Crippen LogP contribution in [0.5, 0.6) is 5.75 Å². The Kier molecular flexibility index (Phi) is 7.53. The van der Waals surface area contributed by atoms with Gasteiger partial charge < -0.3 is 25.4 Å². The smallest absolute Gasteiger partial charge is 0.471 e. The minimum atomic E-state index is -5.24. The predicted octanol–water partition coefficient (Wildman–Crippen LogP) is 2.64. The number of nitriles is 1. The number of alkyl halides is 4. The third-order valence-electron chi connectivity index (χ3n) is 10.2. The molecule has 16 heteroatoms. The van der Waals surface area contributed by atoms with Gasteiger partial charge in [0.2, 0.25) is 11.5 Å². The zero-order valence-electron chi connectivity index (χ0n) is 24.6. The van der Waals surface area contributed by atoms with E-state index in [-0.39, 0.29) is 54.4 Å². The van der Waals surface area contributed by atoms with Crippen molar-refractivity contribution in [1.29, 1.82) is 5.26 Å². The molecule has 6 rings (SSSR count). The van der Waals surface area contributed by atoms with E-state index in [1.165, 1.54) is 42.8 Å². The summed E-state index contributed by atoms with van der Waals surface area (Å²) in [5.74, 6) is -4.86. The number of pyridine rings is 1. The Hall–Kier alpha value is -3.22. The second-order valence-corrected chi connectivity index (χ2v) is 14.3. The number of aromatic nitrogens is 1. The van der Waals surface area contributed by atoms with Crippen LogP contribution in [0.25, 0.3) is 0 Å². The van der Waals surface area contributed by atoms with Crippen LogP contribution in [0, 0.1) is 40.4 Å². The predicted molar refractivity (Wildman–Crippen MR) is 149 cm³/mol. The Bertz CT molecular complexity index is 1470. The van der Waals surface area contributed by atoms with Crippen molar-refractivity contribution in [3.8, 4) is 11.8 Å². The Morgan fingerprint density at radius 3 is 2.64 bits per heavy atom. The summed E-state index contributed by atoms with van der Waals surface area (Å²) in [5.41, 5.74) is -2.81. The number of hydrogen-bond acceptors (Lipinski definition) is 8. The first-order chi connectivity index (χ1) is 20.9. The largest absolute Gasteiger partial charge is 0.472 e. The number of aliphatic hydroxyl groups excluding tert-OH is 1. The van der Waals surface area contributed by atoms with Crippen LogP contribution in [-0.2, 0) is 14.4 Å². The Morgan fingerprint density at radius 1 is 1.29 bits per heavy atom. The summed E-state index contributed by atoms with van der Waals surface area (Å²) in [7, 11) is 0. The average Bonchev–Trinajstić information content (AvgIpc) is 3.70. The Labute approximate surface area is 261 Å². The summed E-state index contributed by atoms with van der Waals surface area (Å²) in [4.78, 5) is 46.1. The van der Waals surface area contributed by atoms with E-state index in [9.17, 15) is 37.9 Å². The summed E-state index contributed by atoms with van der Waals surface area (Å²) in [6.07, 6.45) is -6.08. The van der Waals surface area contributed by atoms with E-state index < -0.39 is 77.3 Å². The van der Waals surface area contributed by atoms with Crippen LogP contribution >= 0.6 is 11.6 Å². The molecule has 3 aliphatic heterocycles. The molecular weight excluding hydrogens is 624 g/mol. The molecule has 2 saturated carbocycles. The number of amides is 3. The number of fused-ring (bicyclic) bond motifs is 6. The fraction of sp³-hybridized carbons (Fsp3) is 0.690. The van der Waals surface area contributed by atoms with Crippen molar-refractivity contribution in [3.63, 3.8) is 0 Å². The van der Waals surface area contributed by atoms with E-state index >= 15 is 4.39 Å². The van der Waals surface area contributed by atoms with Crippen molar-refractivity contribution in [1.82, 2.24) is 20.1 Å². The van der Waals surface area contributed by atoms with Crippen LogP contribution in [0.1, 0.15) is 40.0 Å². The van der Waals surface area contributed by atoms with Gasteiger partial charge in [-0.2, -0.15) is 18.4 Å². The lowest BCUT2D eigenvalue weighted by molar-refractivity contribution is -0.176. The van der Waals surface area contributed by atoms with Gasteiger partial charge in [0.1, 0.15) is 24.5 Å². The fourth-order valence-corrected chi connectivity index (χ4v) is 8.35. The maximum Gasteiger partial charge on any atom is 0.471 e. The van der Waals surface area contributed by atoms with Gasteiger partial charge in [-0.1, -0.05) is 32.4 Å². The molecule has 2 saturated heterocycles. The van der Waals surface area contributed by atoms with Crippen molar-refractivity contribution in [3.05, 3.63) is 17.3 Å². The number of aliphatic hydroxyl groups is 1. The van der Waals surface area contributed by atoms with Crippen molar-refractivity contribution >= 4 is 35.1 Å². The van der Waals surface area contributed by atoms with Gasteiger partial charge in [0.15, 0.2) is 11.6 Å². The summed E-state index contributed by atoms with van der Waals surface area (Å²) in [6, 6.07) is -0.310. The lowest BCUT2D eigenvalue weighted by atomic mass is 9.77. The molecule has 10 atom stereocenters. The van der Waals surface area contributed by atoms with Crippen LogP contribution < -0.4 is 15.4 Å². The monoisotopic (exact) mass is 656 g/mol. The average molecular weight is 657 g/mol. The van der Waals surface area contributed by atoms with Gasteiger partial charge in [-0.05, 0) is 41.9 Å². The van der Waals surface area contributed by atoms with Gasteiger partial charge in [0.25, 0.3) is 5.91 Å². The summed E-state index contributed by atoms with van der Waals surface area (Å²) < 4.78 is 61.1. The van der Waals surface area contributed by atoms with Crippen molar-refractivity contribution in [2.75, 3.05) is 18.4 Å². The number of hydrogen-bond donors (Lipinski definition) is 3. The first-order valence-corrected chi connectivity index (χ1v) is 15.1. The summed E-state index contributed by atoms with van der Waals surface area (Å²) in [6.45, 7) is 4.26. The quantitative estimate of drug-likeness (QED) is 0.419. The van der Waals surface area contributed by atoms with Crippen molar-refractivity contribution in [2.24, 2.45) is 29.1 Å². The van der Waals surface area contributed by atoms with Gasteiger partial charge in [0, 0.05) is 25.2 Å². The molecule has 1 spiro atoms. The topological polar surface area (TPSA) is 148 Å². The van der Waals surface area contributed by atoms with E-state index in [2.05, 4.69) is 16.4 Å². The van der Waals surface area contributed by atoms with Gasteiger partial charge in [-0.15, -0.1) is 0 Å². The van der Waals surface area contributed by atoms with E-state index in [4.69, 9.17) is 16.3 Å². The minimum absolute atomic E-state index is 0.0400. The molecule has 2 bridgehead atoms. The van der Waals surface area contributed by atoms with E-state index in [0.29, 0.717) is 6.42 Å². The second-order valence-electron chi connectivity index (χ2n) is 13.9. The molecule has 11 nitrogen and oxygen atoms in total. The lowest BCUT2D eigenvalue weighted by Gasteiger charge is -2.42. The number of carbonyl (C=O) groups excluding carboxylic acids is 3. The highest BCUT2D eigenvalue weighted by atomic mass is 35.5. The maximum absolute atomic E-state index is 15.2. The molecule has 3 amide bonds. The van der Waals surface area contributed by atoms with Gasteiger partial charge in [-0.25, -0.2) is 9.37 Å². The minimum Gasteiger partial charge on any atom is -0.472 e. The zero-order valence-corrected chi connectivity index (χ0v) is 25.4. The van der Waals surface area contributed by atoms with Crippen LogP contribution in [0.15, 0.2) is 12.3 Å². The number of nitrogens with one attached hydrogen (secondary N) is 2. The van der Waals surface area contributed by atoms with Crippen molar-refractivity contribution in [2.45, 2.75) is 82.3 Å². The second kappa shape index (κ2) is 10.7. The molecule has 244 valence electrons. The SMILES string of the molecule is CC(C)(C)C(NC(=O)C(F)(F)F)C(=O)N1CC2C3CC(F)C(C3)C2C1C(O)N1CC2(CC1C#N)Oc1cc(Cl)cnc1NC2=O. The fourth-order valence-electron chi connectivity index (χ4n) is 8.20. The summed E-state index contributed by atoms with van der Waals surface area (Å²) in [5, 5.41) is 26.9. The molecule has 45 heavy (non-hydrogen) atoms. The third kappa shape index (κ3) is 5.18. The number of halogens is 5. The normalized spacial score (nSPS) is 35.3. The van der Waals surface area contributed by atoms with Crippen LogP contribution in [-0.4, -0.2) is 93.0 Å². The number of anilines is 1. The molecule has 3 N–H and O–H groups in total. The maximum atomic E-state index is 15.2. The highest BCUT2D eigenvalue weighted by molar-refractivity contribution is 6.30. The molecule has 1 aromatic rings. The van der Waals surface area contributed by atoms with Gasteiger partial charge >= 0.3 is 12.1 Å². The third-order valence-corrected chi connectivity index (χ3v) is 10.4. The van der Waals surface area contributed by atoms with E-state index in [0.717, 1.165) is 0 Å². The molecule has 5 aliphatic rings. The highest BCUT2D eigenvalue weighted by Gasteiger charge is 2.65. The van der Waals surface area contributed by atoms with Gasteiger partial charge in [0.05, 0.1) is 23.7 Å². The molecule has 10 unspecified atom stereocenters. The standard InChI is InChI=1S/C29H33ClF4N6O5/c1-27(2,3)21(37-26(44)29(32,33)34)24(42)39-10-16-12-4-15(17(31)5-12)19(16)20(39)23(41)40-11-28(7-14(40)8-35)25(43)38-22-18(45-28)6-13(30)9-36-22/h6,9,12,14-17,19-21,23,41H,4-5,7,10-11H2,1-3H3,(H,37,44)(H,36,38,43). The zero-order chi connectivity index (χ0) is 32.8. The summed E-state index contributed by atoms with van der Waals surface area (Å²) >= 11 is 6.07. The van der Waals surface area contributed by atoms with Gasteiger partial charge in [-0.3, -0.25) is 19.3 Å². The van der Waals surface area contributed by atoms with Crippen molar-refractivity contribution < 1.29 is 41.8 Å². The molecular formula is C29H33ClF4N6O5. The first kappa shape index (κ1) is 31.7. The molecule has 1 aromatic heterocycles. The molecule has 4 fully saturated rings. The van der Waals surface area contributed by atoms with Crippen LogP contribution in [0.2, 0.25) is 5.02 Å². The molecule has 0 aromatic carbocycles. The highest BCUT2D eigenvalue weighted by Crippen LogP contribution is 2.59. The van der Waals surface area contributed by atoms with Crippen LogP contribution in [0.3, 0.4) is 0 Å². The Balaban J connectivity index is 1.34. The van der Waals surface area contributed by atoms with E-state index in [1.807, 2.05) is 5.32 Å². The number of ether oxygens (including phenoxy) is 1. The van der Waals surface area contributed by atoms with E-state index in [1.54, 1.807) is 0 Å². The lowest BCUT2D eigenvalue weighted by Crippen LogP contribution is -2.62. The number of nitrogens with zero attached hydrogens (tertiary/aromatic N) is 4. The number of likely N-dealkylation sites (tertiary alicyclic amines) is 2. The first-order valence-electron chi connectivity index (χ1n) is 14.8. The number of carbonyl (C=O) groups is 3. The molecule has 2 aliphatic carbocycles.